The van der Waals surface area contributed by atoms with E-state index in [9.17, 15) is 9.59 Å². The fraction of sp³-hybridized carbons (Fsp3) is 0.368. The van der Waals surface area contributed by atoms with E-state index in [0.29, 0.717) is 26.5 Å². The number of amides is 1. The molecule has 1 amide bonds. The Balaban J connectivity index is 1.52. The van der Waals surface area contributed by atoms with Crippen LogP contribution in [-0.4, -0.2) is 58.6 Å². The zero-order valence-electron chi connectivity index (χ0n) is 16.1. The number of carbonyl (C=O) groups is 1. The predicted octanol–water partition coefficient (Wildman–Crippen LogP) is 1.70. The Kier molecular flexibility index (Phi) is 4.86. The van der Waals surface area contributed by atoms with E-state index >= 15 is 0 Å². The van der Waals surface area contributed by atoms with Crippen LogP contribution in [0, 0.1) is 6.92 Å². The molecule has 0 saturated carbocycles. The van der Waals surface area contributed by atoms with Crippen LogP contribution >= 0.6 is 11.3 Å². The lowest BCUT2D eigenvalue weighted by Gasteiger charge is -2.33. The van der Waals surface area contributed by atoms with Crippen molar-refractivity contribution in [3.8, 4) is 0 Å². The van der Waals surface area contributed by atoms with Crippen molar-refractivity contribution in [2.45, 2.75) is 6.92 Å². The van der Waals surface area contributed by atoms with Gasteiger partial charge in [0.2, 0.25) is 0 Å². The number of anilines is 2. The third-order valence-electron chi connectivity index (χ3n) is 5.07. The molecule has 0 aliphatic carbocycles. The van der Waals surface area contributed by atoms with E-state index < -0.39 is 0 Å². The van der Waals surface area contributed by atoms with Gasteiger partial charge in [-0.1, -0.05) is 0 Å². The van der Waals surface area contributed by atoms with Gasteiger partial charge in [0.05, 0.1) is 28.5 Å². The highest BCUT2D eigenvalue weighted by Crippen LogP contribution is 2.27. The number of hydrogen-bond donors (Lipinski definition) is 1. The lowest BCUT2D eigenvalue weighted by Crippen LogP contribution is -2.44. The second kappa shape index (κ2) is 7.33. The standard InChI is InChI=1S/C19H22N6O2S/c1-12-15-18(21-11-24(3)19(15)27)28-16(12)17(26)22-14-5-4-13(10-20-14)25-8-6-23(2)7-9-25/h4-5,10-11H,6-9H2,1-3H3,(H,20,22,26). The summed E-state index contributed by atoms with van der Waals surface area (Å²) in [6.45, 7) is 5.76. The molecular weight excluding hydrogens is 376 g/mol. The van der Waals surface area contributed by atoms with Crippen molar-refractivity contribution in [3.63, 3.8) is 0 Å². The Labute approximate surface area is 166 Å². The predicted molar refractivity (Wildman–Crippen MR) is 111 cm³/mol. The quantitative estimate of drug-likeness (QED) is 0.723. The van der Waals surface area contributed by atoms with Crippen molar-refractivity contribution < 1.29 is 4.79 Å². The highest BCUT2D eigenvalue weighted by atomic mass is 32.1. The topological polar surface area (TPSA) is 83.4 Å². The zero-order chi connectivity index (χ0) is 19.8. The first-order chi connectivity index (χ1) is 13.4. The number of pyridine rings is 1. The summed E-state index contributed by atoms with van der Waals surface area (Å²) in [5.74, 6) is 0.211. The van der Waals surface area contributed by atoms with E-state index in [4.69, 9.17) is 0 Å². The van der Waals surface area contributed by atoms with Crippen molar-refractivity contribution in [1.82, 2.24) is 19.4 Å². The summed E-state index contributed by atoms with van der Waals surface area (Å²) < 4.78 is 1.42. The molecule has 0 radical (unpaired) electrons. The molecule has 4 rings (SSSR count). The number of rotatable bonds is 3. The Morgan fingerprint density at radius 3 is 2.57 bits per heavy atom. The smallest absolute Gasteiger partial charge is 0.267 e. The largest absolute Gasteiger partial charge is 0.368 e. The molecule has 1 fully saturated rings. The Morgan fingerprint density at radius 1 is 1.14 bits per heavy atom. The highest BCUT2D eigenvalue weighted by Gasteiger charge is 2.20. The SMILES string of the molecule is Cc1c(C(=O)Nc2ccc(N3CCN(C)CC3)cn2)sc2ncn(C)c(=O)c12. The van der Waals surface area contributed by atoms with Gasteiger partial charge in [-0.05, 0) is 31.7 Å². The van der Waals surface area contributed by atoms with Crippen LogP contribution in [0.5, 0.6) is 0 Å². The first-order valence-corrected chi connectivity index (χ1v) is 9.91. The number of hydrogen-bond acceptors (Lipinski definition) is 7. The molecule has 1 saturated heterocycles. The van der Waals surface area contributed by atoms with Gasteiger partial charge in [0.25, 0.3) is 11.5 Å². The lowest BCUT2D eigenvalue weighted by molar-refractivity contribution is 0.102. The summed E-state index contributed by atoms with van der Waals surface area (Å²) in [5, 5.41) is 3.33. The molecule has 3 aromatic heterocycles. The zero-order valence-corrected chi connectivity index (χ0v) is 16.9. The van der Waals surface area contributed by atoms with Gasteiger partial charge in [-0.25, -0.2) is 9.97 Å². The molecule has 0 aromatic carbocycles. The van der Waals surface area contributed by atoms with Crippen molar-refractivity contribution in [3.05, 3.63) is 45.5 Å². The fourth-order valence-corrected chi connectivity index (χ4v) is 4.34. The maximum Gasteiger partial charge on any atom is 0.267 e. The first-order valence-electron chi connectivity index (χ1n) is 9.09. The van der Waals surface area contributed by atoms with E-state index in [-0.39, 0.29) is 11.5 Å². The summed E-state index contributed by atoms with van der Waals surface area (Å²) in [6, 6.07) is 3.79. The van der Waals surface area contributed by atoms with E-state index in [0.717, 1.165) is 31.9 Å². The van der Waals surface area contributed by atoms with E-state index in [2.05, 4.69) is 32.1 Å². The normalized spacial score (nSPS) is 15.2. The molecule has 0 atom stereocenters. The van der Waals surface area contributed by atoms with Crippen LogP contribution in [-0.2, 0) is 7.05 Å². The van der Waals surface area contributed by atoms with Gasteiger partial charge < -0.3 is 19.7 Å². The van der Waals surface area contributed by atoms with Crippen LogP contribution in [0.3, 0.4) is 0 Å². The molecule has 4 heterocycles. The molecule has 28 heavy (non-hydrogen) atoms. The highest BCUT2D eigenvalue weighted by molar-refractivity contribution is 7.20. The van der Waals surface area contributed by atoms with Gasteiger partial charge in [0, 0.05) is 33.2 Å². The molecule has 1 aliphatic rings. The molecule has 1 N–H and O–H groups in total. The van der Waals surface area contributed by atoms with Crippen LogP contribution in [0.2, 0.25) is 0 Å². The summed E-state index contributed by atoms with van der Waals surface area (Å²) in [6.07, 6.45) is 3.26. The summed E-state index contributed by atoms with van der Waals surface area (Å²) >= 11 is 1.22. The minimum absolute atomic E-state index is 0.146. The van der Waals surface area contributed by atoms with Crippen LogP contribution in [0.15, 0.2) is 29.5 Å². The number of carbonyl (C=O) groups excluding carboxylic acids is 1. The molecular formula is C19H22N6O2S. The maximum absolute atomic E-state index is 12.7. The average molecular weight is 398 g/mol. The fourth-order valence-electron chi connectivity index (χ4n) is 3.31. The average Bonchev–Trinajstić information content (AvgIpc) is 3.03. The van der Waals surface area contributed by atoms with E-state index in [1.54, 1.807) is 20.2 Å². The lowest BCUT2D eigenvalue weighted by atomic mass is 10.2. The van der Waals surface area contributed by atoms with Gasteiger partial charge in [-0.2, -0.15) is 0 Å². The van der Waals surface area contributed by atoms with Crippen LogP contribution in [0.4, 0.5) is 11.5 Å². The number of thiophene rings is 1. The molecule has 0 spiro atoms. The van der Waals surface area contributed by atoms with Crippen LogP contribution in [0.1, 0.15) is 15.2 Å². The molecule has 1 aliphatic heterocycles. The first kappa shape index (κ1) is 18.6. The van der Waals surface area contributed by atoms with E-state index in [1.165, 1.54) is 22.2 Å². The number of nitrogens with zero attached hydrogens (tertiary/aromatic N) is 5. The third kappa shape index (κ3) is 3.38. The van der Waals surface area contributed by atoms with E-state index in [1.807, 2.05) is 12.1 Å². The monoisotopic (exact) mass is 398 g/mol. The number of aryl methyl sites for hydroxylation is 2. The van der Waals surface area contributed by atoms with Crippen LogP contribution < -0.4 is 15.8 Å². The van der Waals surface area contributed by atoms with Gasteiger partial charge in [-0.3, -0.25) is 9.59 Å². The second-order valence-electron chi connectivity index (χ2n) is 7.04. The number of piperazine rings is 1. The molecule has 146 valence electrons. The number of likely N-dealkylation sites (N-methyl/N-ethyl adjacent to an activating group) is 1. The minimum Gasteiger partial charge on any atom is -0.368 e. The van der Waals surface area contributed by atoms with Crippen LogP contribution in [0.25, 0.3) is 10.2 Å². The third-order valence-corrected chi connectivity index (χ3v) is 6.27. The molecule has 8 nitrogen and oxygen atoms in total. The maximum atomic E-state index is 12.7. The molecule has 9 heteroatoms. The van der Waals surface area contributed by atoms with Gasteiger partial charge in [0.1, 0.15) is 10.6 Å². The minimum atomic E-state index is -0.276. The summed E-state index contributed by atoms with van der Waals surface area (Å²) in [4.78, 5) is 39.4. The molecule has 3 aromatic rings. The van der Waals surface area contributed by atoms with Crippen molar-refractivity contribution >= 4 is 39.0 Å². The Hall–Kier alpha value is -2.78. The van der Waals surface area contributed by atoms with Gasteiger partial charge in [-0.15, -0.1) is 11.3 Å². The van der Waals surface area contributed by atoms with Gasteiger partial charge in [0.15, 0.2) is 0 Å². The Bertz CT molecular complexity index is 1080. The van der Waals surface area contributed by atoms with Crippen molar-refractivity contribution in [1.29, 1.82) is 0 Å². The number of nitrogens with one attached hydrogen (secondary N) is 1. The van der Waals surface area contributed by atoms with Crippen molar-refractivity contribution in [2.24, 2.45) is 7.05 Å². The van der Waals surface area contributed by atoms with Gasteiger partial charge >= 0.3 is 0 Å². The second-order valence-corrected chi connectivity index (χ2v) is 8.04. The summed E-state index contributed by atoms with van der Waals surface area (Å²) in [5.41, 5.74) is 1.56. The number of aromatic nitrogens is 3. The molecule has 0 bridgehead atoms. The molecule has 0 unspecified atom stereocenters. The Morgan fingerprint density at radius 2 is 1.89 bits per heavy atom. The van der Waals surface area contributed by atoms with Crippen molar-refractivity contribution in [2.75, 3.05) is 43.4 Å². The summed E-state index contributed by atoms with van der Waals surface area (Å²) in [7, 11) is 3.77. The number of fused-ring (bicyclic) bond motifs is 1.